The predicted octanol–water partition coefficient (Wildman–Crippen LogP) is 4.39. The SMILES string of the molecule is Cc1nn(-c2ccccc2)c(C)c1C(=O)N1CCC(c2c[nH]c3ncccc23)CC1. The van der Waals surface area contributed by atoms with Crippen LogP contribution in [0.4, 0.5) is 0 Å². The number of rotatable bonds is 3. The largest absolute Gasteiger partial charge is 0.346 e. The number of fused-ring (bicyclic) bond motifs is 1. The first-order valence-corrected chi connectivity index (χ1v) is 10.5. The molecule has 1 N–H and O–H groups in total. The van der Waals surface area contributed by atoms with Gasteiger partial charge in [0.15, 0.2) is 0 Å². The summed E-state index contributed by atoms with van der Waals surface area (Å²) in [7, 11) is 0. The minimum absolute atomic E-state index is 0.0891. The highest BCUT2D eigenvalue weighted by atomic mass is 16.2. The number of benzene rings is 1. The monoisotopic (exact) mass is 399 g/mol. The van der Waals surface area contributed by atoms with Crippen molar-refractivity contribution >= 4 is 16.9 Å². The Morgan fingerprint density at radius 1 is 1.07 bits per heavy atom. The number of carbonyl (C=O) groups excluding carboxylic acids is 1. The number of likely N-dealkylation sites (tertiary alicyclic amines) is 1. The summed E-state index contributed by atoms with van der Waals surface area (Å²) in [5.41, 5.74) is 5.64. The maximum Gasteiger partial charge on any atom is 0.257 e. The molecule has 4 aromatic rings. The van der Waals surface area contributed by atoms with Crippen LogP contribution in [0.25, 0.3) is 16.7 Å². The van der Waals surface area contributed by atoms with Gasteiger partial charge in [-0.1, -0.05) is 18.2 Å². The molecule has 1 aromatic carbocycles. The molecule has 5 rings (SSSR count). The fraction of sp³-hybridized carbons (Fsp3) is 0.292. The number of aryl methyl sites for hydroxylation is 1. The zero-order valence-electron chi connectivity index (χ0n) is 17.3. The lowest BCUT2D eigenvalue weighted by molar-refractivity contribution is 0.0712. The summed E-state index contributed by atoms with van der Waals surface area (Å²) in [6, 6.07) is 14.1. The second kappa shape index (κ2) is 7.44. The van der Waals surface area contributed by atoms with Crippen molar-refractivity contribution in [2.75, 3.05) is 13.1 Å². The second-order valence-electron chi connectivity index (χ2n) is 8.00. The summed E-state index contributed by atoms with van der Waals surface area (Å²) in [6.45, 7) is 5.41. The molecule has 0 aliphatic carbocycles. The lowest BCUT2D eigenvalue weighted by atomic mass is 9.89. The van der Waals surface area contributed by atoms with E-state index in [1.54, 1.807) is 0 Å². The molecule has 0 radical (unpaired) electrons. The lowest BCUT2D eigenvalue weighted by Gasteiger charge is -2.32. The molecular formula is C24H25N5O. The number of aromatic amines is 1. The average molecular weight is 399 g/mol. The lowest BCUT2D eigenvalue weighted by Crippen LogP contribution is -2.38. The fourth-order valence-corrected chi connectivity index (χ4v) is 4.64. The van der Waals surface area contributed by atoms with Crippen molar-refractivity contribution in [1.82, 2.24) is 24.6 Å². The Hall–Kier alpha value is -3.41. The third-order valence-corrected chi connectivity index (χ3v) is 6.21. The standard InChI is InChI=1S/C24H25N5O/c1-16-22(17(2)29(27-16)19-7-4-3-5-8-19)24(30)28-13-10-18(11-14-28)21-15-26-23-20(21)9-6-12-25-23/h3-9,12,15,18H,10-11,13-14H2,1-2H3,(H,25,26). The van der Waals surface area contributed by atoms with Crippen LogP contribution in [0.1, 0.15) is 46.1 Å². The molecule has 1 aliphatic rings. The third-order valence-electron chi connectivity index (χ3n) is 6.21. The molecule has 6 heteroatoms. The molecule has 1 aliphatic heterocycles. The second-order valence-corrected chi connectivity index (χ2v) is 8.00. The number of carbonyl (C=O) groups is 1. The number of nitrogens with zero attached hydrogens (tertiary/aromatic N) is 4. The van der Waals surface area contributed by atoms with E-state index in [2.05, 4.69) is 27.3 Å². The Morgan fingerprint density at radius 2 is 1.83 bits per heavy atom. The maximum atomic E-state index is 13.3. The smallest absolute Gasteiger partial charge is 0.257 e. The summed E-state index contributed by atoms with van der Waals surface area (Å²) in [5, 5.41) is 5.84. The average Bonchev–Trinajstić information content (AvgIpc) is 3.35. The predicted molar refractivity (Wildman–Crippen MR) is 117 cm³/mol. The fourth-order valence-electron chi connectivity index (χ4n) is 4.64. The van der Waals surface area contributed by atoms with Crippen molar-refractivity contribution in [3.63, 3.8) is 0 Å². The normalized spacial score (nSPS) is 15.1. The van der Waals surface area contributed by atoms with Crippen molar-refractivity contribution in [1.29, 1.82) is 0 Å². The number of pyridine rings is 1. The van der Waals surface area contributed by atoms with Gasteiger partial charge in [-0.2, -0.15) is 5.10 Å². The van der Waals surface area contributed by atoms with Crippen LogP contribution >= 0.6 is 0 Å². The number of aromatic nitrogens is 4. The number of amides is 1. The van der Waals surface area contributed by atoms with Crippen molar-refractivity contribution < 1.29 is 4.79 Å². The van der Waals surface area contributed by atoms with Gasteiger partial charge in [-0.3, -0.25) is 4.79 Å². The number of hydrogen-bond acceptors (Lipinski definition) is 3. The topological polar surface area (TPSA) is 66.8 Å². The van der Waals surface area contributed by atoms with Gasteiger partial charge in [-0.05, 0) is 62.4 Å². The molecule has 4 heterocycles. The highest BCUT2D eigenvalue weighted by Gasteiger charge is 2.29. The molecule has 0 spiro atoms. The highest BCUT2D eigenvalue weighted by molar-refractivity contribution is 5.96. The first kappa shape index (κ1) is 18.6. The van der Waals surface area contributed by atoms with Crippen LogP contribution in [-0.4, -0.2) is 43.6 Å². The van der Waals surface area contributed by atoms with Crippen LogP contribution in [0.15, 0.2) is 54.9 Å². The summed E-state index contributed by atoms with van der Waals surface area (Å²) in [4.78, 5) is 23.0. The molecule has 1 fully saturated rings. The quantitative estimate of drug-likeness (QED) is 0.556. The van der Waals surface area contributed by atoms with E-state index < -0.39 is 0 Å². The highest BCUT2D eigenvalue weighted by Crippen LogP contribution is 2.33. The minimum atomic E-state index is 0.0891. The molecular weight excluding hydrogens is 374 g/mol. The van der Waals surface area contributed by atoms with Gasteiger partial charge in [0.25, 0.3) is 5.91 Å². The van der Waals surface area contributed by atoms with E-state index >= 15 is 0 Å². The van der Waals surface area contributed by atoms with E-state index in [9.17, 15) is 4.79 Å². The Labute approximate surface area is 175 Å². The van der Waals surface area contributed by atoms with Gasteiger partial charge in [0.05, 0.1) is 22.6 Å². The van der Waals surface area contributed by atoms with Crippen LogP contribution in [0.2, 0.25) is 0 Å². The number of nitrogens with one attached hydrogen (secondary N) is 1. The van der Waals surface area contributed by atoms with Gasteiger partial charge in [0, 0.05) is 30.9 Å². The molecule has 30 heavy (non-hydrogen) atoms. The van der Waals surface area contributed by atoms with Crippen molar-refractivity contribution in [2.45, 2.75) is 32.6 Å². The van der Waals surface area contributed by atoms with Crippen LogP contribution in [-0.2, 0) is 0 Å². The summed E-state index contributed by atoms with van der Waals surface area (Å²) >= 11 is 0. The Morgan fingerprint density at radius 3 is 2.60 bits per heavy atom. The molecule has 1 amide bonds. The van der Waals surface area contributed by atoms with Gasteiger partial charge < -0.3 is 9.88 Å². The van der Waals surface area contributed by atoms with Crippen molar-refractivity contribution in [3.05, 3.63) is 77.4 Å². The van der Waals surface area contributed by atoms with Crippen LogP contribution in [0.5, 0.6) is 0 Å². The number of piperidine rings is 1. The van der Waals surface area contributed by atoms with Crippen LogP contribution < -0.4 is 0 Å². The Balaban J connectivity index is 1.35. The summed E-state index contributed by atoms with van der Waals surface area (Å²) in [6.07, 6.45) is 5.80. The summed E-state index contributed by atoms with van der Waals surface area (Å²) in [5.74, 6) is 0.535. The number of H-pyrrole nitrogens is 1. The number of para-hydroxylation sites is 1. The van der Waals surface area contributed by atoms with E-state index in [4.69, 9.17) is 0 Å². The van der Waals surface area contributed by atoms with Crippen LogP contribution in [0.3, 0.4) is 0 Å². The zero-order chi connectivity index (χ0) is 20.7. The van der Waals surface area contributed by atoms with Gasteiger partial charge in [-0.15, -0.1) is 0 Å². The minimum Gasteiger partial charge on any atom is -0.346 e. The molecule has 0 unspecified atom stereocenters. The molecule has 0 bridgehead atoms. The molecule has 6 nitrogen and oxygen atoms in total. The first-order valence-electron chi connectivity index (χ1n) is 10.5. The van der Waals surface area contributed by atoms with E-state index in [-0.39, 0.29) is 5.91 Å². The summed E-state index contributed by atoms with van der Waals surface area (Å²) < 4.78 is 1.87. The molecule has 3 aromatic heterocycles. The van der Waals surface area contributed by atoms with E-state index in [0.717, 1.165) is 54.2 Å². The Bertz CT molecular complexity index is 1200. The van der Waals surface area contributed by atoms with E-state index in [1.165, 1.54) is 10.9 Å². The molecule has 0 atom stereocenters. The number of hydrogen-bond donors (Lipinski definition) is 1. The first-order chi connectivity index (χ1) is 14.6. The molecule has 152 valence electrons. The maximum absolute atomic E-state index is 13.3. The van der Waals surface area contributed by atoms with Gasteiger partial charge in [0.2, 0.25) is 0 Å². The van der Waals surface area contributed by atoms with Gasteiger partial charge >= 0.3 is 0 Å². The third kappa shape index (κ3) is 3.09. The van der Waals surface area contributed by atoms with Gasteiger partial charge in [0.1, 0.15) is 5.65 Å². The van der Waals surface area contributed by atoms with Gasteiger partial charge in [-0.25, -0.2) is 9.67 Å². The zero-order valence-corrected chi connectivity index (χ0v) is 17.3. The van der Waals surface area contributed by atoms with Crippen LogP contribution in [0, 0.1) is 13.8 Å². The van der Waals surface area contributed by atoms with Crippen molar-refractivity contribution in [3.8, 4) is 5.69 Å². The Kier molecular flexibility index (Phi) is 4.62. The molecule has 0 saturated carbocycles. The van der Waals surface area contributed by atoms with E-state index in [0.29, 0.717) is 5.92 Å². The van der Waals surface area contributed by atoms with Crippen molar-refractivity contribution in [2.24, 2.45) is 0 Å². The van der Waals surface area contributed by atoms with E-state index in [1.807, 2.05) is 66.0 Å². The molecule has 1 saturated heterocycles.